The monoisotopic (exact) mass is 308 g/mol. The van der Waals surface area contributed by atoms with Crippen LogP contribution in [0.4, 0.5) is 0 Å². The first-order chi connectivity index (χ1) is 10.2. The Hall–Kier alpha value is -1.06. The van der Waals surface area contributed by atoms with Crippen molar-refractivity contribution in [2.24, 2.45) is 0 Å². The van der Waals surface area contributed by atoms with Crippen LogP contribution in [0.2, 0.25) is 0 Å². The molecule has 0 saturated heterocycles. The lowest BCUT2D eigenvalue weighted by Gasteiger charge is -2.25. The third-order valence-electron chi connectivity index (χ3n) is 4.22. The summed E-state index contributed by atoms with van der Waals surface area (Å²) in [6.07, 6.45) is 0.785. The molecule has 0 bridgehead atoms. The lowest BCUT2D eigenvalue weighted by molar-refractivity contribution is 0.00637. The molecule has 22 heavy (non-hydrogen) atoms. The van der Waals surface area contributed by atoms with Gasteiger partial charge in [-0.05, 0) is 41.4 Å². The molecule has 0 aliphatic carbocycles. The standard InChI is InChI=1S/C19H32O3/c1-7-8-16(20)17(21)11-13(2)14-9-10-18(22-6)15(12-14)19(3,4)5/h9-10,12-13,16-17,20-21H,7-8,11H2,1-6H3. The summed E-state index contributed by atoms with van der Waals surface area (Å²) < 4.78 is 5.47. The Kier molecular flexibility index (Phi) is 6.89. The fourth-order valence-corrected chi connectivity index (χ4v) is 2.76. The number of aliphatic hydroxyl groups is 2. The van der Waals surface area contributed by atoms with Gasteiger partial charge in [-0.25, -0.2) is 0 Å². The molecule has 0 heterocycles. The van der Waals surface area contributed by atoms with E-state index >= 15 is 0 Å². The summed E-state index contributed by atoms with van der Waals surface area (Å²) in [5, 5.41) is 20.0. The zero-order valence-electron chi connectivity index (χ0n) is 14.9. The van der Waals surface area contributed by atoms with Crippen molar-refractivity contribution in [1.82, 2.24) is 0 Å². The molecular weight excluding hydrogens is 276 g/mol. The third kappa shape index (κ3) is 4.99. The van der Waals surface area contributed by atoms with Crippen molar-refractivity contribution in [3.63, 3.8) is 0 Å². The van der Waals surface area contributed by atoms with Gasteiger partial charge in [0.05, 0.1) is 19.3 Å². The predicted molar refractivity (Wildman–Crippen MR) is 91.6 cm³/mol. The van der Waals surface area contributed by atoms with Gasteiger partial charge in [0.15, 0.2) is 0 Å². The van der Waals surface area contributed by atoms with Crippen molar-refractivity contribution in [3.8, 4) is 5.75 Å². The zero-order chi connectivity index (χ0) is 16.9. The van der Waals surface area contributed by atoms with Gasteiger partial charge < -0.3 is 14.9 Å². The van der Waals surface area contributed by atoms with Crippen LogP contribution < -0.4 is 4.74 Å². The molecule has 1 aromatic carbocycles. The van der Waals surface area contributed by atoms with E-state index in [0.29, 0.717) is 12.8 Å². The van der Waals surface area contributed by atoms with E-state index in [9.17, 15) is 10.2 Å². The molecule has 126 valence electrons. The Morgan fingerprint density at radius 2 is 1.77 bits per heavy atom. The lowest BCUT2D eigenvalue weighted by atomic mass is 9.83. The Labute approximate surface area is 135 Å². The van der Waals surface area contributed by atoms with Crippen molar-refractivity contribution in [2.75, 3.05) is 7.11 Å². The van der Waals surface area contributed by atoms with Crippen LogP contribution in [0.15, 0.2) is 18.2 Å². The Morgan fingerprint density at radius 1 is 1.14 bits per heavy atom. The number of aliphatic hydroxyl groups excluding tert-OH is 2. The molecule has 0 amide bonds. The molecule has 0 saturated carbocycles. The average molecular weight is 308 g/mol. The SMILES string of the molecule is CCCC(O)C(O)CC(C)c1ccc(OC)c(C(C)(C)C)c1. The Bertz CT molecular complexity index is 462. The smallest absolute Gasteiger partial charge is 0.122 e. The quantitative estimate of drug-likeness (QED) is 0.800. The summed E-state index contributed by atoms with van der Waals surface area (Å²) in [6.45, 7) is 10.6. The second kappa shape index (κ2) is 7.98. The van der Waals surface area contributed by atoms with Crippen LogP contribution in [-0.4, -0.2) is 29.5 Å². The minimum atomic E-state index is -0.671. The average Bonchev–Trinajstić information content (AvgIpc) is 2.45. The maximum atomic E-state index is 10.1. The molecule has 0 spiro atoms. The first kappa shape index (κ1) is 19.0. The van der Waals surface area contributed by atoms with Gasteiger partial charge in [0.1, 0.15) is 5.75 Å². The summed E-state index contributed by atoms with van der Waals surface area (Å²) in [6, 6.07) is 6.22. The third-order valence-corrected chi connectivity index (χ3v) is 4.22. The number of hydrogen-bond acceptors (Lipinski definition) is 3. The summed E-state index contributed by atoms with van der Waals surface area (Å²) in [4.78, 5) is 0. The number of ether oxygens (including phenoxy) is 1. The maximum absolute atomic E-state index is 10.1. The molecule has 3 atom stereocenters. The molecule has 0 aliphatic rings. The van der Waals surface area contributed by atoms with Crippen LogP contribution in [0.3, 0.4) is 0 Å². The molecule has 3 unspecified atom stereocenters. The van der Waals surface area contributed by atoms with Gasteiger partial charge in [-0.1, -0.05) is 53.2 Å². The van der Waals surface area contributed by atoms with Gasteiger partial charge in [-0.3, -0.25) is 0 Å². The minimum Gasteiger partial charge on any atom is -0.496 e. The van der Waals surface area contributed by atoms with E-state index < -0.39 is 12.2 Å². The van der Waals surface area contributed by atoms with E-state index in [1.165, 1.54) is 11.1 Å². The normalized spacial score (nSPS) is 16.2. The fourth-order valence-electron chi connectivity index (χ4n) is 2.76. The molecule has 3 heteroatoms. The first-order valence-corrected chi connectivity index (χ1v) is 8.25. The second-order valence-corrected chi connectivity index (χ2v) is 7.27. The summed E-state index contributed by atoms with van der Waals surface area (Å²) in [7, 11) is 1.69. The highest BCUT2D eigenvalue weighted by atomic mass is 16.5. The van der Waals surface area contributed by atoms with Gasteiger partial charge in [0.2, 0.25) is 0 Å². The number of methoxy groups -OCH3 is 1. The molecule has 0 radical (unpaired) electrons. The molecule has 0 fully saturated rings. The summed E-state index contributed by atoms with van der Waals surface area (Å²) in [5.74, 6) is 1.09. The summed E-state index contributed by atoms with van der Waals surface area (Å²) in [5.41, 5.74) is 2.35. The molecule has 1 rings (SSSR count). The van der Waals surface area contributed by atoms with E-state index in [-0.39, 0.29) is 11.3 Å². The maximum Gasteiger partial charge on any atom is 0.122 e. The van der Waals surface area contributed by atoms with Gasteiger partial charge in [0.25, 0.3) is 0 Å². The lowest BCUT2D eigenvalue weighted by Crippen LogP contribution is -2.27. The van der Waals surface area contributed by atoms with E-state index in [1.54, 1.807) is 7.11 Å². The van der Waals surface area contributed by atoms with Gasteiger partial charge in [0, 0.05) is 0 Å². The van der Waals surface area contributed by atoms with Crippen LogP contribution in [0.25, 0.3) is 0 Å². The van der Waals surface area contributed by atoms with E-state index in [2.05, 4.69) is 39.8 Å². The fraction of sp³-hybridized carbons (Fsp3) is 0.684. The molecule has 2 N–H and O–H groups in total. The van der Waals surface area contributed by atoms with Crippen LogP contribution in [0, 0.1) is 0 Å². The van der Waals surface area contributed by atoms with Crippen molar-refractivity contribution < 1.29 is 14.9 Å². The van der Waals surface area contributed by atoms with Crippen LogP contribution >= 0.6 is 0 Å². The predicted octanol–water partition coefficient (Wildman–Crippen LogP) is 4.01. The highest BCUT2D eigenvalue weighted by Gasteiger charge is 2.23. The van der Waals surface area contributed by atoms with Crippen molar-refractivity contribution in [2.45, 2.75) is 77.4 Å². The summed E-state index contributed by atoms with van der Waals surface area (Å²) >= 11 is 0. The number of rotatable bonds is 7. The number of benzene rings is 1. The largest absolute Gasteiger partial charge is 0.496 e. The van der Waals surface area contributed by atoms with Crippen molar-refractivity contribution >= 4 is 0 Å². The van der Waals surface area contributed by atoms with Gasteiger partial charge in [-0.2, -0.15) is 0 Å². The van der Waals surface area contributed by atoms with Gasteiger partial charge >= 0.3 is 0 Å². The molecular formula is C19H32O3. The van der Waals surface area contributed by atoms with E-state index in [4.69, 9.17) is 4.74 Å². The van der Waals surface area contributed by atoms with Gasteiger partial charge in [-0.15, -0.1) is 0 Å². The molecule has 1 aromatic rings. The van der Waals surface area contributed by atoms with Crippen molar-refractivity contribution in [3.05, 3.63) is 29.3 Å². The second-order valence-electron chi connectivity index (χ2n) is 7.27. The Balaban J connectivity index is 2.92. The molecule has 0 aliphatic heterocycles. The van der Waals surface area contributed by atoms with Crippen molar-refractivity contribution in [1.29, 1.82) is 0 Å². The van der Waals surface area contributed by atoms with Crippen LogP contribution in [0.1, 0.15) is 70.9 Å². The zero-order valence-corrected chi connectivity index (χ0v) is 14.9. The minimum absolute atomic E-state index is 0.00140. The van der Waals surface area contributed by atoms with E-state index in [0.717, 1.165) is 12.2 Å². The number of hydrogen-bond donors (Lipinski definition) is 2. The molecule has 3 nitrogen and oxygen atoms in total. The Morgan fingerprint density at radius 3 is 2.27 bits per heavy atom. The highest BCUT2D eigenvalue weighted by molar-refractivity contribution is 5.42. The van der Waals surface area contributed by atoms with Crippen LogP contribution in [-0.2, 0) is 5.41 Å². The first-order valence-electron chi connectivity index (χ1n) is 8.25. The topological polar surface area (TPSA) is 49.7 Å². The van der Waals surface area contributed by atoms with Crippen LogP contribution in [0.5, 0.6) is 5.75 Å². The molecule has 0 aromatic heterocycles. The van der Waals surface area contributed by atoms with E-state index in [1.807, 2.05) is 13.0 Å². The highest BCUT2D eigenvalue weighted by Crippen LogP contribution is 2.34.